The molecule has 3 aliphatic rings. The SMILES string of the molecule is O=C(O)c1ccccc1/C=N/NC(=S)N[C@@H]1CN2CCC1CC2. The largest absolute Gasteiger partial charge is 0.478 e. The van der Waals surface area contributed by atoms with Crippen LogP contribution in [0, 0.1) is 5.92 Å². The number of thiocarbonyl (C=S) groups is 1. The quantitative estimate of drug-likeness (QED) is 0.438. The Balaban J connectivity index is 1.54. The minimum absolute atomic E-state index is 0.217. The molecule has 3 N–H and O–H groups in total. The Morgan fingerprint density at radius 3 is 2.74 bits per heavy atom. The van der Waals surface area contributed by atoms with Crippen LogP contribution in [-0.2, 0) is 0 Å². The van der Waals surface area contributed by atoms with E-state index in [1.54, 1.807) is 24.3 Å². The molecule has 122 valence electrons. The first-order chi connectivity index (χ1) is 11.1. The third kappa shape index (κ3) is 3.86. The second-order valence-corrected chi connectivity index (χ2v) is 6.39. The minimum atomic E-state index is -0.972. The standard InChI is InChI=1S/C16H20N4O2S/c21-15(22)13-4-2-1-3-12(13)9-17-19-16(23)18-14-10-20-7-5-11(14)6-8-20/h1-4,9,11,14H,5-8,10H2,(H,21,22)(H2,18,19,23)/b17-9+/t14-/m1/s1. The molecule has 0 saturated carbocycles. The van der Waals surface area contributed by atoms with Crippen molar-refractivity contribution in [2.45, 2.75) is 18.9 Å². The van der Waals surface area contributed by atoms with Crippen LogP contribution in [0.1, 0.15) is 28.8 Å². The predicted molar refractivity (Wildman–Crippen MR) is 92.8 cm³/mol. The van der Waals surface area contributed by atoms with Gasteiger partial charge < -0.3 is 15.3 Å². The van der Waals surface area contributed by atoms with Gasteiger partial charge in [-0.25, -0.2) is 4.79 Å². The van der Waals surface area contributed by atoms with E-state index in [2.05, 4.69) is 20.7 Å². The van der Waals surface area contributed by atoms with Crippen molar-refractivity contribution >= 4 is 29.5 Å². The van der Waals surface area contributed by atoms with Gasteiger partial charge in [0, 0.05) is 18.2 Å². The highest BCUT2D eigenvalue weighted by atomic mass is 32.1. The van der Waals surface area contributed by atoms with Crippen molar-refractivity contribution in [1.82, 2.24) is 15.6 Å². The highest BCUT2D eigenvalue weighted by Crippen LogP contribution is 2.27. The number of rotatable bonds is 4. The molecule has 3 fully saturated rings. The van der Waals surface area contributed by atoms with Gasteiger partial charge >= 0.3 is 5.97 Å². The van der Waals surface area contributed by atoms with Crippen LogP contribution in [0.2, 0.25) is 0 Å². The number of hydrazone groups is 1. The molecule has 0 unspecified atom stereocenters. The van der Waals surface area contributed by atoms with Crippen molar-refractivity contribution < 1.29 is 9.90 Å². The molecular formula is C16H20N4O2S. The Morgan fingerprint density at radius 2 is 2.09 bits per heavy atom. The molecule has 1 aromatic carbocycles. The van der Waals surface area contributed by atoms with Gasteiger partial charge in [-0.1, -0.05) is 18.2 Å². The van der Waals surface area contributed by atoms with Crippen LogP contribution in [0.5, 0.6) is 0 Å². The molecule has 6 nitrogen and oxygen atoms in total. The predicted octanol–water partition coefficient (Wildman–Crippen LogP) is 1.28. The van der Waals surface area contributed by atoms with Crippen LogP contribution in [0.25, 0.3) is 0 Å². The summed E-state index contributed by atoms with van der Waals surface area (Å²) < 4.78 is 0. The summed E-state index contributed by atoms with van der Waals surface area (Å²) in [5.41, 5.74) is 3.54. The van der Waals surface area contributed by atoms with Crippen LogP contribution < -0.4 is 10.7 Å². The summed E-state index contributed by atoms with van der Waals surface area (Å²) in [6.45, 7) is 3.40. The molecule has 23 heavy (non-hydrogen) atoms. The maximum Gasteiger partial charge on any atom is 0.336 e. The topological polar surface area (TPSA) is 77.0 Å². The molecular weight excluding hydrogens is 312 g/mol. The molecule has 3 heterocycles. The van der Waals surface area contributed by atoms with Crippen molar-refractivity contribution in [2.75, 3.05) is 19.6 Å². The summed E-state index contributed by atoms with van der Waals surface area (Å²) in [5, 5.41) is 17.0. The molecule has 0 spiro atoms. The lowest BCUT2D eigenvalue weighted by atomic mass is 9.84. The first-order valence-corrected chi connectivity index (χ1v) is 8.18. The molecule has 0 amide bonds. The first-order valence-electron chi connectivity index (χ1n) is 7.78. The van der Waals surface area contributed by atoms with Gasteiger partial charge in [0.2, 0.25) is 0 Å². The Bertz CT molecular complexity index is 626. The second-order valence-electron chi connectivity index (χ2n) is 5.98. The molecule has 4 rings (SSSR count). The van der Waals surface area contributed by atoms with E-state index in [1.165, 1.54) is 32.1 Å². The Labute approximate surface area is 140 Å². The lowest BCUT2D eigenvalue weighted by Gasteiger charge is -2.45. The van der Waals surface area contributed by atoms with Crippen LogP contribution >= 0.6 is 12.2 Å². The third-order valence-electron chi connectivity index (χ3n) is 4.53. The number of piperidine rings is 3. The van der Waals surface area contributed by atoms with E-state index in [4.69, 9.17) is 17.3 Å². The zero-order valence-electron chi connectivity index (χ0n) is 12.7. The second kappa shape index (κ2) is 7.06. The smallest absolute Gasteiger partial charge is 0.336 e. The van der Waals surface area contributed by atoms with Crippen molar-refractivity contribution in [3.8, 4) is 0 Å². The van der Waals surface area contributed by atoms with E-state index in [9.17, 15) is 4.79 Å². The summed E-state index contributed by atoms with van der Waals surface area (Å²) in [6, 6.07) is 7.09. The molecule has 0 radical (unpaired) electrons. The van der Waals surface area contributed by atoms with Crippen LogP contribution in [0.4, 0.5) is 0 Å². The Kier molecular flexibility index (Phi) is 4.88. The monoisotopic (exact) mass is 332 g/mol. The number of carboxylic acid groups (broad SMARTS) is 1. The normalized spacial score (nSPS) is 26.2. The average Bonchev–Trinajstić information content (AvgIpc) is 2.56. The Morgan fingerprint density at radius 1 is 1.35 bits per heavy atom. The maximum atomic E-state index is 11.1. The van der Waals surface area contributed by atoms with E-state index in [0.29, 0.717) is 22.6 Å². The summed E-state index contributed by atoms with van der Waals surface area (Å²) in [5.74, 6) is -0.295. The summed E-state index contributed by atoms with van der Waals surface area (Å²) >= 11 is 5.28. The van der Waals surface area contributed by atoms with Crippen molar-refractivity contribution in [3.05, 3.63) is 35.4 Å². The molecule has 1 aromatic rings. The number of nitrogens with one attached hydrogen (secondary N) is 2. The summed E-state index contributed by atoms with van der Waals surface area (Å²) in [6.07, 6.45) is 3.92. The van der Waals surface area contributed by atoms with Crippen LogP contribution in [-0.4, -0.2) is 53.0 Å². The number of carboxylic acids is 1. The molecule has 7 heteroatoms. The summed E-state index contributed by atoms with van der Waals surface area (Å²) in [4.78, 5) is 13.6. The van der Waals surface area contributed by atoms with Crippen LogP contribution in [0.3, 0.4) is 0 Å². The van der Waals surface area contributed by atoms with Gasteiger partial charge in [0.1, 0.15) is 0 Å². The molecule has 0 aliphatic carbocycles. The fourth-order valence-corrected chi connectivity index (χ4v) is 3.50. The molecule has 2 bridgehead atoms. The third-order valence-corrected chi connectivity index (χ3v) is 4.74. The molecule has 3 saturated heterocycles. The van der Waals surface area contributed by atoms with Crippen molar-refractivity contribution in [3.63, 3.8) is 0 Å². The van der Waals surface area contributed by atoms with Gasteiger partial charge in [-0.3, -0.25) is 5.43 Å². The van der Waals surface area contributed by atoms with E-state index in [-0.39, 0.29) is 5.56 Å². The highest BCUT2D eigenvalue weighted by molar-refractivity contribution is 7.80. The average molecular weight is 332 g/mol. The van der Waals surface area contributed by atoms with Crippen molar-refractivity contribution in [1.29, 1.82) is 0 Å². The van der Waals surface area contributed by atoms with Gasteiger partial charge in [0.25, 0.3) is 0 Å². The lowest BCUT2D eigenvalue weighted by molar-refractivity contribution is 0.0697. The molecule has 3 aliphatic heterocycles. The highest BCUT2D eigenvalue weighted by Gasteiger charge is 2.34. The number of benzene rings is 1. The zero-order valence-corrected chi connectivity index (χ0v) is 13.6. The fraction of sp³-hybridized carbons (Fsp3) is 0.438. The number of aromatic carboxylic acids is 1. The van der Waals surface area contributed by atoms with Gasteiger partial charge in [-0.15, -0.1) is 0 Å². The number of hydrogen-bond donors (Lipinski definition) is 3. The molecule has 0 aromatic heterocycles. The summed E-state index contributed by atoms with van der Waals surface area (Å²) in [7, 11) is 0. The van der Waals surface area contributed by atoms with Gasteiger partial charge in [0.15, 0.2) is 5.11 Å². The molecule has 1 atom stereocenters. The number of hydrogen-bond acceptors (Lipinski definition) is 4. The van der Waals surface area contributed by atoms with Crippen molar-refractivity contribution in [2.24, 2.45) is 11.0 Å². The lowest BCUT2D eigenvalue weighted by Crippen LogP contribution is -2.58. The van der Waals surface area contributed by atoms with E-state index < -0.39 is 5.97 Å². The maximum absolute atomic E-state index is 11.1. The zero-order chi connectivity index (χ0) is 16.2. The minimum Gasteiger partial charge on any atom is -0.478 e. The van der Waals surface area contributed by atoms with E-state index in [0.717, 1.165) is 6.54 Å². The van der Waals surface area contributed by atoms with Gasteiger partial charge in [-0.05, 0) is 50.1 Å². The number of carbonyl (C=O) groups is 1. The van der Waals surface area contributed by atoms with Crippen LogP contribution in [0.15, 0.2) is 29.4 Å². The first kappa shape index (κ1) is 15.9. The van der Waals surface area contributed by atoms with Gasteiger partial charge in [-0.2, -0.15) is 5.10 Å². The van der Waals surface area contributed by atoms with E-state index >= 15 is 0 Å². The van der Waals surface area contributed by atoms with Gasteiger partial charge in [0.05, 0.1) is 11.8 Å². The van der Waals surface area contributed by atoms with E-state index in [1.807, 2.05) is 0 Å². The number of nitrogens with zero attached hydrogens (tertiary/aromatic N) is 2. The Hall–Kier alpha value is -1.99. The fourth-order valence-electron chi connectivity index (χ4n) is 3.29. The number of fused-ring (bicyclic) bond motifs is 3.